The van der Waals surface area contributed by atoms with E-state index in [0.29, 0.717) is 0 Å². The SMILES string of the molecule is CCCCCCCc1cc(CCCCCCC)c[n+](CCCCCC)c1. The van der Waals surface area contributed by atoms with Crippen molar-refractivity contribution in [3.05, 3.63) is 29.6 Å². The fourth-order valence-corrected chi connectivity index (χ4v) is 3.76. The van der Waals surface area contributed by atoms with E-state index < -0.39 is 0 Å². The third-order valence-corrected chi connectivity index (χ3v) is 5.44. The normalized spacial score (nSPS) is 11.2. The van der Waals surface area contributed by atoms with E-state index in [9.17, 15) is 0 Å². The lowest BCUT2D eigenvalue weighted by Gasteiger charge is -2.07. The van der Waals surface area contributed by atoms with Gasteiger partial charge in [0.05, 0.1) is 0 Å². The molecule has 0 fully saturated rings. The molecule has 0 bridgehead atoms. The fraction of sp³-hybridized carbons (Fsp3) is 0.800. The van der Waals surface area contributed by atoms with Crippen LogP contribution in [0.2, 0.25) is 0 Å². The first-order valence-electron chi connectivity index (χ1n) is 11.8. The smallest absolute Gasteiger partial charge is 0.171 e. The Bertz CT molecular complexity index is 406. The van der Waals surface area contributed by atoms with Crippen LogP contribution in [-0.2, 0) is 19.4 Å². The highest BCUT2D eigenvalue weighted by molar-refractivity contribution is 5.15. The number of unbranched alkanes of at least 4 members (excludes halogenated alkanes) is 11. The van der Waals surface area contributed by atoms with Crippen LogP contribution >= 0.6 is 0 Å². The number of aromatic nitrogens is 1. The highest BCUT2D eigenvalue weighted by atomic mass is 14.9. The predicted octanol–water partition coefficient (Wildman–Crippen LogP) is 7.58. The van der Waals surface area contributed by atoms with E-state index in [-0.39, 0.29) is 0 Å². The highest BCUT2D eigenvalue weighted by Gasteiger charge is 2.08. The van der Waals surface area contributed by atoms with Gasteiger partial charge < -0.3 is 0 Å². The summed E-state index contributed by atoms with van der Waals surface area (Å²) in [5.74, 6) is 0. The van der Waals surface area contributed by atoms with Gasteiger partial charge in [-0.05, 0) is 38.2 Å². The van der Waals surface area contributed by atoms with Gasteiger partial charge in [-0.2, -0.15) is 0 Å². The van der Waals surface area contributed by atoms with Gasteiger partial charge in [-0.1, -0.05) is 85.0 Å². The predicted molar refractivity (Wildman–Crippen MR) is 116 cm³/mol. The van der Waals surface area contributed by atoms with Gasteiger partial charge >= 0.3 is 0 Å². The van der Waals surface area contributed by atoms with Crippen LogP contribution in [0, 0.1) is 0 Å². The van der Waals surface area contributed by atoms with Gasteiger partial charge in [-0.15, -0.1) is 0 Å². The van der Waals surface area contributed by atoms with Crippen molar-refractivity contribution in [1.29, 1.82) is 0 Å². The Morgan fingerprint density at radius 1 is 0.538 bits per heavy atom. The fourth-order valence-electron chi connectivity index (χ4n) is 3.76. The topological polar surface area (TPSA) is 3.88 Å². The molecule has 0 N–H and O–H groups in total. The van der Waals surface area contributed by atoms with Crippen molar-refractivity contribution in [1.82, 2.24) is 0 Å². The molecule has 150 valence electrons. The summed E-state index contributed by atoms with van der Waals surface area (Å²) in [6, 6.07) is 2.50. The van der Waals surface area contributed by atoms with Gasteiger partial charge in [0.25, 0.3) is 0 Å². The van der Waals surface area contributed by atoms with Crippen molar-refractivity contribution in [2.75, 3.05) is 0 Å². The molecule has 0 saturated carbocycles. The van der Waals surface area contributed by atoms with Crippen LogP contribution in [0.4, 0.5) is 0 Å². The lowest BCUT2D eigenvalue weighted by Crippen LogP contribution is -2.34. The summed E-state index contributed by atoms with van der Waals surface area (Å²) in [6.07, 6.45) is 26.6. The molecule has 0 spiro atoms. The summed E-state index contributed by atoms with van der Waals surface area (Å²) >= 11 is 0. The van der Waals surface area contributed by atoms with Crippen LogP contribution in [0.25, 0.3) is 0 Å². The Balaban J connectivity index is 2.53. The van der Waals surface area contributed by atoms with Crippen LogP contribution in [-0.4, -0.2) is 0 Å². The molecule has 0 aliphatic heterocycles. The van der Waals surface area contributed by atoms with E-state index in [4.69, 9.17) is 0 Å². The molecule has 0 atom stereocenters. The Kier molecular flexibility index (Phi) is 14.6. The maximum absolute atomic E-state index is 2.50. The third-order valence-electron chi connectivity index (χ3n) is 5.44. The minimum absolute atomic E-state index is 1.20. The van der Waals surface area contributed by atoms with Crippen LogP contribution in [0.5, 0.6) is 0 Å². The second-order valence-electron chi connectivity index (χ2n) is 8.18. The van der Waals surface area contributed by atoms with Crippen molar-refractivity contribution >= 4 is 0 Å². The number of pyridine rings is 1. The largest absolute Gasteiger partial charge is 0.205 e. The highest BCUT2D eigenvalue weighted by Crippen LogP contribution is 2.13. The molecule has 1 heteroatoms. The maximum Gasteiger partial charge on any atom is 0.171 e. The number of hydrogen-bond acceptors (Lipinski definition) is 0. The quantitative estimate of drug-likeness (QED) is 0.199. The average molecular weight is 361 g/mol. The lowest BCUT2D eigenvalue weighted by atomic mass is 10.0. The van der Waals surface area contributed by atoms with Crippen molar-refractivity contribution in [3.63, 3.8) is 0 Å². The molecule has 0 aromatic carbocycles. The summed E-state index contributed by atoms with van der Waals surface area (Å²) < 4.78 is 2.50. The van der Waals surface area contributed by atoms with Gasteiger partial charge in [0.2, 0.25) is 0 Å². The summed E-state index contributed by atoms with van der Waals surface area (Å²) in [4.78, 5) is 0. The molecule has 1 rings (SSSR count). The Labute approximate surface area is 164 Å². The average Bonchev–Trinajstić information content (AvgIpc) is 2.65. The van der Waals surface area contributed by atoms with Gasteiger partial charge in [0.1, 0.15) is 6.54 Å². The van der Waals surface area contributed by atoms with Gasteiger partial charge in [0.15, 0.2) is 12.4 Å². The van der Waals surface area contributed by atoms with Crippen molar-refractivity contribution in [2.45, 2.75) is 130 Å². The molecule has 1 heterocycles. The second kappa shape index (κ2) is 16.3. The summed E-state index contributed by atoms with van der Waals surface area (Å²) in [5, 5.41) is 0. The zero-order valence-electron chi connectivity index (χ0n) is 18.2. The number of rotatable bonds is 17. The Morgan fingerprint density at radius 3 is 1.42 bits per heavy atom. The van der Waals surface area contributed by atoms with Gasteiger partial charge in [-0.3, -0.25) is 0 Å². The third kappa shape index (κ3) is 11.7. The molecule has 26 heavy (non-hydrogen) atoms. The summed E-state index contributed by atoms with van der Waals surface area (Å²) in [5.41, 5.74) is 3.14. The molecule has 1 nitrogen and oxygen atoms in total. The molecule has 1 aromatic heterocycles. The van der Waals surface area contributed by atoms with Crippen LogP contribution in [0.15, 0.2) is 18.5 Å². The van der Waals surface area contributed by atoms with Crippen molar-refractivity contribution < 1.29 is 4.57 Å². The van der Waals surface area contributed by atoms with E-state index >= 15 is 0 Å². The molecule has 0 amide bonds. The van der Waals surface area contributed by atoms with Gasteiger partial charge in [-0.25, -0.2) is 4.57 Å². The van der Waals surface area contributed by atoms with E-state index in [1.807, 2.05) is 0 Å². The first-order chi connectivity index (χ1) is 12.8. The summed E-state index contributed by atoms with van der Waals surface area (Å²) in [7, 11) is 0. The Hall–Kier alpha value is -0.850. The molecular weight excluding hydrogens is 314 g/mol. The van der Waals surface area contributed by atoms with Crippen molar-refractivity contribution in [3.8, 4) is 0 Å². The zero-order chi connectivity index (χ0) is 18.9. The van der Waals surface area contributed by atoms with Crippen LogP contribution < -0.4 is 4.57 Å². The van der Waals surface area contributed by atoms with Crippen molar-refractivity contribution in [2.24, 2.45) is 0 Å². The molecule has 0 radical (unpaired) electrons. The Morgan fingerprint density at radius 2 is 0.962 bits per heavy atom. The summed E-state index contributed by atoms with van der Waals surface area (Å²) in [6.45, 7) is 8.09. The van der Waals surface area contributed by atoms with Crippen LogP contribution in [0.1, 0.15) is 122 Å². The van der Waals surface area contributed by atoms with Crippen LogP contribution in [0.3, 0.4) is 0 Å². The van der Waals surface area contributed by atoms with Gasteiger partial charge in [0, 0.05) is 17.5 Å². The molecule has 0 aliphatic rings. The maximum atomic E-state index is 2.50. The number of nitrogens with zero attached hydrogens (tertiary/aromatic N) is 1. The number of aryl methyl sites for hydroxylation is 3. The zero-order valence-corrected chi connectivity index (χ0v) is 18.2. The standard InChI is InChI=1S/C25H46N/c1-4-7-10-13-15-18-24-21-25(19-16-14-11-8-5-2)23-26(22-24)20-17-12-9-6-3/h21-23H,4-20H2,1-3H3/q+1. The molecule has 0 aliphatic carbocycles. The second-order valence-corrected chi connectivity index (χ2v) is 8.18. The lowest BCUT2D eigenvalue weighted by molar-refractivity contribution is -0.698. The molecule has 0 unspecified atom stereocenters. The van der Waals surface area contributed by atoms with E-state index in [1.165, 1.54) is 109 Å². The minimum Gasteiger partial charge on any atom is -0.205 e. The monoisotopic (exact) mass is 360 g/mol. The molecular formula is C25H46N+. The number of hydrogen-bond donors (Lipinski definition) is 0. The van der Waals surface area contributed by atoms with E-state index in [1.54, 1.807) is 11.1 Å². The van der Waals surface area contributed by atoms with E-state index in [2.05, 4.69) is 43.8 Å². The van der Waals surface area contributed by atoms with E-state index in [0.717, 1.165) is 0 Å². The molecule has 1 aromatic rings. The first kappa shape index (κ1) is 23.2. The first-order valence-corrected chi connectivity index (χ1v) is 11.8. The minimum atomic E-state index is 1.20. The molecule has 0 saturated heterocycles.